The maximum atomic E-state index is 12.1. The van der Waals surface area contributed by atoms with E-state index in [-0.39, 0.29) is 0 Å². The Morgan fingerprint density at radius 3 is 2.77 bits per heavy atom. The van der Waals surface area contributed by atoms with Crippen molar-refractivity contribution in [3.05, 3.63) is 29.8 Å². The Morgan fingerprint density at radius 2 is 2.09 bits per heavy atom. The molecule has 0 aliphatic heterocycles. The van der Waals surface area contributed by atoms with Crippen LogP contribution >= 0.6 is 0 Å². The second-order valence-corrected chi connectivity index (χ2v) is 4.91. The standard InChI is InChI=1S/C16H25F2N3O/c1-3-4-5-9-20-16(19-2)21-11-13-7-6-8-14(10-13)22-12-15(17)18/h6-8,10,15H,3-5,9,11-12H2,1-2H3,(H2,19,20,21). The van der Waals surface area contributed by atoms with Gasteiger partial charge in [-0.25, -0.2) is 8.78 Å². The maximum absolute atomic E-state index is 12.1. The lowest BCUT2D eigenvalue weighted by Gasteiger charge is -2.12. The Bertz CT molecular complexity index is 453. The number of hydrogen-bond acceptors (Lipinski definition) is 2. The van der Waals surface area contributed by atoms with Gasteiger partial charge in [-0.3, -0.25) is 4.99 Å². The van der Waals surface area contributed by atoms with Crippen LogP contribution < -0.4 is 15.4 Å². The third kappa shape index (κ3) is 7.81. The van der Waals surface area contributed by atoms with Gasteiger partial charge in [0.05, 0.1) is 0 Å². The summed E-state index contributed by atoms with van der Waals surface area (Å²) in [6.45, 7) is 3.01. The number of halogens is 2. The lowest BCUT2D eigenvalue weighted by atomic mass is 10.2. The minimum Gasteiger partial charge on any atom is -0.488 e. The van der Waals surface area contributed by atoms with Gasteiger partial charge in [0.1, 0.15) is 12.4 Å². The smallest absolute Gasteiger partial charge is 0.272 e. The van der Waals surface area contributed by atoms with Crippen molar-refractivity contribution in [2.75, 3.05) is 20.2 Å². The molecule has 0 saturated heterocycles. The summed E-state index contributed by atoms with van der Waals surface area (Å²) in [6, 6.07) is 7.12. The Morgan fingerprint density at radius 1 is 1.27 bits per heavy atom. The fourth-order valence-corrected chi connectivity index (χ4v) is 1.89. The summed E-state index contributed by atoms with van der Waals surface area (Å²) in [7, 11) is 1.72. The highest BCUT2D eigenvalue weighted by Crippen LogP contribution is 2.14. The molecule has 0 heterocycles. The number of nitrogens with one attached hydrogen (secondary N) is 2. The number of benzene rings is 1. The van der Waals surface area contributed by atoms with E-state index in [9.17, 15) is 8.78 Å². The Kier molecular flexibility index (Phi) is 8.95. The molecule has 0 atom stereocenters. The van der Waals surface area contributed by atoms with Crippen LogP contribution in [0.5, 0.6) is 5.75 Å². The lowest BCUT2D eigenvalue weighted by Crippen LogP contribution is -2.37. The monoisotopic (exact) mass is 313 g/mol. The van der Waals surface area contributed by atoms with E-state index >= 15 is 0 Å². The van der Waals surface area contributed by atoms with Crippen LogP contribution in [-0.2, 0) is 6.54 Å². The van der Waals surface area contributed by atoms with E-state index in [1.165, 1.54) is 12.8 Å². The normalized spacial score (nSPS) is 11.6. The quantitative estimate of drug-likeness (QED) is 0.418. The average molecular weight is 313 g/mol. The van der Waals surface area contributed by atoms with Crippen LogP contribution in [0, 0.1) is 0 Å². The molecule has 0 fully saturated rings. The topological polar surface area (TPSA) is 45.7 Å². The van der Waals surface area contributed by atoms with Crippen LogP contribution in [0.3, 0.4) is 0 Å². The van der Waals surface area contributed by atoms with Crippen molar-refractivity contribution in [1.82, 2.24) is 10.6 Å². The molecule has 124 valence electrons. The molecule has 1 rings (SSSR count). The molecule has 1 aromatic rings. The molecule has 2 N–H and O–H groups in total. The molecule has 0 spiro atoms. The largest absolute Gasteiger partial charge is 0.488 e. The molecule has 0 aliphatic carbocycles. The van der Waals surface area contributed by atoms with Gasteiger partial charge in [0.15, 0.2) is 5.96 Å². The fourth-order valence-electron chi connectivity index (χ4n) is 1.89. The van der Waals surface area contributed by atoms with Gasteiger partial charge in [-0.05, 0) is 24.1 Å². The number of alkyl halides is 2. The van der Waals surface area contributed by atoms with Crippen LogP contribution in [0.2, 0.25) is 0 Å². The van der Waals surface area contributed by atoms with Crippen molar-refractivity contribution in [3.63, 3.8) is 0 Å². The highest BCUT2D eigenvalue weighted by Gasteiger charge is 2.04. The molecule has 4 nitrogen and oxygen atoms in total. The van der Waals surface area contributed by atoms with E-state index in [4.69, 9.17) is 4.74 Å². The van der Waals surface area contributed by atoms with Gasteiger partial charge >= 0.3 is 0 Å². The molecule has 0 unspecified atom stereocenters. The van der Waals surface area contributed by atoms with E-state index in [2.05, 4.69) is 22.5 Å². The van der Waals surface area contributed by atoms with Gasteiger partial charge in [-0.2, -0.15) is 0 Å². The summed E-state index contributed by atoms with van der Waals surface area (Å²) in [5.41, 5.74) is 0.947. The molecular formula is C16H25F2N3O. The van der Waals surface area contributed by atoms with Gasteiger partial charge in [0.25, 0.3) is 6.43 Å². The number of guanidine groups is 1. The predicted octanol–water partition coefficient (Wildman–Crippen LogP) is 3.19. The molecule has 0 aromatic heterocycles. The van der Waals surface area contributed by atoms with E-state index in [1.54, 1.807) is 25.2 Å². The summed E-state index contributed by atoms with van der Waals surface area (Å²) in [5, 5.41) is 6.43. The van der Waals surface area contributed by atoms with Crippen LogP contribution in [0.4, 0.5) is 8.78 Å². The Labute approximate surface area is 131 Å². The van der Waals surface area contributed by atoms with Crippen molar-refractivity contribution in [1.29, 1.82) is 0 Å². The Balaban J connectivity index is 2.40. The van der Waals surface area contributed by atoms with E-state index < -0.39 is 13.0 Å². The first kappa shape index (κ1) is 18.2. The highest BCUT2D eigenvalue weighted by molar-refractivity contribution is 5.79. The van der Waals surface area contributed by atoms with Gasteiger partial charge in [0, 0.05) is 20.1 Å². The lowest BCUT2D eigenvalue weighted by molar-refractivity contribution is 0.0818. The zero-order chi connectivity index (χ0) is 16.2. The van der Waals surface area contributed by atoms with Gasteiger partial charge in [0.2, 0.25) is 0 Å². The second kappa shape index (κ2) is 10.8. The van der Waals surface area contributed by atoms with Crippen molar-refractivity contribution in [3.8, 4) is 5.75 Å². The molecular weight excluding hydrogens is 288 g/mol. The van der Waals surface area contributed by atoms with Crippen molar-refractivity contribution in [2.24, 2.45) is 4.99 Å². The number of aliphatic imine (C=N–C) groups is 1. The number of unbranched alkanes of at least 4 members (excludes halogenated alkanes) is 2. The van der Waals surface area contributed by atoms with Gasteiger partial charge in [-0.1, -0.05) is 31.9 Å². The van der Waals surface area contributed by atoms with Crippen LogP contribution in [0.1, 0.15) is 31.7 Å². The Hall–Kier alpha value is -1.85. The molecule has 0 saturated carbocycles. The van der Waals surface area contributed by atoms with E-state index in [0.717, 1.165) is 24.5 Å². The number of ether oxygens (including phenoxy) is 1. The minimum absolute atomic E-state index is 0.450. The molecule has 0 amide bonds. The first-order valence-electron chi connectivity index (χ1n) is 7.60. The van der Waals surface area contributed by atoms with Gasteiger partial charge < -0.3 is 15.4 Å². The summed E-state index contributed by atoms with van der Waals surface area (Å²) in [4.78, 5) is 4.15. The zero-order valence-electron chi connectivity index (χ0n) is 13.2. The van der Waals surface area contributed by atoms with Crippen LogP contribution in [0.25, 0.3) is 0 Å². The fraction of sp³-hybridized carbons (Fsp3) is 0.562. The SMILES string of the molecule is CCCCCNC(=NC)NCc1cccc(OCC(F)F)c1. The number of rotatable bonds is 9. The molecule has 22 heavy (non-hydrogen) atoms. The number of nitrogens with zero attached hydrogens (tertiary/aromatic N) is 1. The second-order valence-electron chi connectivity index (χ2n) is 4.91. The highest BCUT2D eigenvalue weighted by atomic mass is 19.3. The summed E-state index contributed by atoms with van der Waals surface area (Å²) in [5.74, 6) is 1.18. The van der Waals surface area contributed by atoms with Crippen LogP contribution in [0.15, 0.2) is 29.3 Å². The van der Waals surface area contributed by atoms with Crippen molar-refractivity contribution < 1.29 is 13.5 Å². The molecule has 0 radical (unpaired) electrons. The summed E-state index contributed by atoms with van der Waals surface area (Å²) < 4.78 is 29.3. The third-order valence-corrected chi connectivity index (χ3v) is 3.03. The van der Waals surface area contributed by atoms with Crippen molar-refractivity contribution in [2.45, 2.75) is 39.2 Å². The molecule has 1 aromatic carbocycles. The first-order chi connectivity index (χ1) is 10.7. The summed E-state index contributed by atoms with van der Waals surface area (Å²) >= 11 is 0. The number of hydrogen-bond donors (Lipinski definition) is 2. The molecule has 0 aliphatic rings. The maximum Gasteiger partial charge on any atom is 0.272 e. The third-order valence-electron chi connectivity index (χ3n) is 3.03. The average Bonchev–Trinajstić information content (AvgIpc) is 2.52. The minimum atomic E-state index is -2.46. The van der Waals surface area contributed by atoms with E-state index in [0.29, 0.717) is 12.3 Å². The van der Waals surface area contributed by atoms with E-state index in [1.807, 2.05) is 6.07 Å². The zero-order valence-corrected chi connectivity index (χ0v) is 13.2. The predicted molar refractivity (Wildman–Crippen MR) is 85.7 cm³/mol. The first-order valence-corrected chi connectivity index (χ1v) is 7.60. The van der Waals surface area contributed by atoms with Crippen molar-refractivity contribution >= 4 is 5.96 Å². The van der Waals surface area contributed by atoms with Gasteiger partial charge in [-0.15, -0.1) is 0 Å². The summed E-state index contributed by atoms with van der Waals surface area (Å²) in [6.07, 6.45) is 1.01. The van der Waals surface area contributed by atoms with Crippen LogP contribution in [-0.4, -0.2) is 32.6 Å². The molecule has 0 bridgehead atoms. The molecule has 6 heteroatoms.